The number of nitrogens with zero attached hydrogens (tertiary/aromatic N) is 2. The van der Waals surface area contributed by atoms with Crippen LogP contribution < -0.4 is 5.01 Å². The highest BCUT2D eigenvalue weighted by Gasteiger charge is 2.35. The van der Waals surface area contributed by atoms with Crippen molar-refractivity contribution in [3.63, 3.8) is 0 Å². The van der Waals surface area contributed by atoms with Crippen molar-refractivity contribution in [3.05, 3.63) is 29.3 Å². The topological polar surface area (TPSA) is 6.48 Å². The predicted molar refractivity (Wildman–Crippen MR) is 56.2 cm³/mol. The van der Waals surface area contributed by atoms with Crippen molar-refractivity contribution in [1.82, 2.24) is 5.01 Å². The number of anilines is 1. The standard InChI is InChI=1S/C11H13F3N2/c1-15-7-6-8-9(11(12,13)14)4-3-5-10(8)16(15)2/h3-5H,6-7H2,1-2H3. The molecule has 1 aromatic carbocycles. The Balaban J connectivity index is 2.53. The van der Waals surface area contributed by atoms with Crippen LogP contribution in [0, 0.1) is 0 Å². The van der Waals surface area contributed by atoms with Gasteiger partial charge in [0.25, 0.3) is 0 Å². The van der Waals surface area contributed by atoms with E-state index in [4.69, 9.17) is 0 Å². The smallest absolute Gasteiger partial charge is 0.309 e. The second kappa shape index (κ2) is 3.66. The van der Waals surface area contributed by atoms with Crippen LogP contribution in [-0.4, -0.2) is 25.6 Å². The summed E-state index contributed by atoms with van der Waals surface area (Å²) in [7, 11) is 3.64. The molecule has 0 N–H and O–H groups in total. The quantitative estimate of drug-likeness (QED) is 0.675. The third kappa shape index (κ3) is 1.75. The highest BCUT2D eigenvalue weighted by Crippen LogP contribution is 2.38. The van der Waals surface area contributed by atoms with Gasteiger partial charge < -0.3 is 5.01 Å². The van der Waals surface area contributed by atoms with Gasteiger partial charge in [-0.25, -0.2) is 5.01 Å². The fourth-order valence-corrected chi connectivity index (χ4v) is 2.01. The first-order valence-electron chi connectivity index (χ1n) is 5.05. The van der Waals surface area contributed by atoms with E-state index in [0.717, 1.165) is 6.07 Å². The number of alkyl halides is 3. The van der Waals surface area contributed by atoms with Gasteiger partial charge in [-0.15, -0.1) is 0 Å². The van der Waals surface area contributed by atoms with Crippen LogP contribution in [0.5, 0.6) is 0 Å². The second-order valence-electron chi connectivity index (χ2n) is 3.96. The van der Waals surface area contributed by atoms with E-state index in [1.54, 1.807) is 18.1 Å². The molecule has 0 unspecified atom stereocenters. The molecule has 0 amide bonds. The number of rotatable bonds is 0. The fraction of sp³-hybridized carbons (Fsp3) is 0.455. The number of hydrogen-bond acceptors (Lipinski definition) is 2. The van der Waals surface area contributed by atoms with E-state index in [-0.39, 0.29) is 0 Å². The van der Waals surface area contributed by atoms with Crippen molar-refractivity contribution < 1.29 is 13.2 Å². The van der Waals surface area contributed by atoms with Gasteiger partial charge in [0.2, 0.25) is 0 Å². The van der Waals surface area contributed by atoms with Crippen molar-refractivity contribution in [2.45, 2.75) is 12.6 Å². The van der Waals surface area contributed by atoms with Gasteiger partial charge in [-0.2, -0.15) is 13.2 Å². The molecule has 0 fully saturated rings. The third-order valence-electron chi connectivity index (χ3n) is 3.00. The first-order chi connectivity index (χ1) is 7.41. The number of hydrazine groups is 1. The summed E-state index contributed by atoms with van der Waals surface area (Å²) >= 11 is 0. The van der Waals surface area contributed by atoms with E-state index < -0.39 is 11.7 Å². The first kappa shape index (κ1) is 11.3. The SMILES string of the molecule is CN1CCc2c(cccc2C(F)(F)F)N1C. The Morgan fingerprint density at radius 1 is 1.19 bits per heavy atom. The van der Waals surface area contributed by atoms with E-state index in [9.17, 15) is 13.2 Å². The molecule has 0 saturated carbocycles. The average Bonchev–Trinajstić information content (AvgIpc) is 2.21. The molecular weight excluding hydrogens is 217 g/mol. The zero-order valence-corrected chi connectivity index (χ0v) is 9.17. The Kier molecular flexibility index (Phi) is 2.58. The summed E-state index contributed by atoms with van der Waals surface area (Å²) < 4.78 is 38.3. The van der Waals surface area contributed by atoms with Gasteiger partial charge in [0.05, 0.1) is 11.3 Å². The maximum atomic E-state index is 12.8. The lowest BCUT2D eigenvalue weighted by molar-refractivity contribution is -0.138. The van der Waals surface area contributed by atoms with E-state index in [0.29, 0.717) is 24.2 Å². The Bertz CT molecular complexity index is 401. The number of halogens is 3. The van der Waals surface area contributed by atoms with Crippen molar-refractivity contribution in [3.8, 4) is 0 Å². The lowest BCUT2D eigenvalue weighted by Gasteiger charge is -2.37. The minimum atomic E-state index is -4.26. The number of hydrogen-bond donors (Lipinski definition) is 0. The molecule has 1 aliphatic heterocycles. The molecule has 1 aliphatic rings. The number of likely N-dealkylation sites (N-methyl/N-ethyl adjacent to an activating group) is 1. The molecule has 0 saturated heterocycles. The summed E-state index contributed by atoms with van der Waals surface area (Å²) in [4.78, 5) is 0. The van der Waals surface area contributed by atoms with Crippen LogP contribution in [-0.2, 0) is 12.6 Å². The Morgan fingerprint density at radius 2 is 1.88 bits per heavy atom. The Hall–Kier alpha value is -1.23. The lowest BCUT2D eigenvalue weighted by atomic mass is 10.00. The minimum absolute atomic E-state index is 0.399. The minimum Gasteiger partial charge on any atom is -0.309 e. The molecule has 5 heteroatoms. The van der Waals surface area contributed by atoms with E-state index >= 15 is 0 Å². The summed E-state index contributed by atoms with van der Waals surface area (Å²) in [6.45, 7) is 0.608. The van der Waals surface area contributed by atoms with Crippen LogP contribution in [0.25, 0.3) is 0 Å². The van der Waals surface area contributed by atoms with Gasteiger partial charge in [-0.1, -0.05) is 6.07 Å². The normalized spacial score (nSPS) is 17.4. The maximum Gasteiger partial charge on any atom is 0.416 e. The summed E-state index contributed by atoms with van der Waals surface area (Å²) in [5.74, 6) is 0. The molecule has 0 atom stereocenters. The van der Waals surface area contributed by atoms with Gasteiger partial charge in [-0.05, 0) is 24.1 Å². The molecule has 0 aromatic heterocycles. The fourth-order valence-electron chi connectivity index (χ4n) is 2.01. The highest BCUT2D eigenvalue weighted by atomic mass is 19.4. The molecule has 0 spiro atoms. The predicted octanol–water partition coefficient (Wildman–Crippen LogP) is 2.54. The molecule has 0 aliphatic carbocycles. The summed E-state index contributed by atoms with van der Waals surface area (Å²) in [5, 5.41) is 3.66. The van der Waals surface area contributed by atoms with E-state index in [2.05, 4.69) is 0 Å². The molecule has 0 bridgehead atoms. The maximum absolute atomic E-state index is 12.8. The Labute approximate surface area is 92.2 Å². The lowest BCUT2D eigenvalue weighted by Crippen LogP contribution is -2.42. The van der Waals surface area contributed by atoms with Crippen molar-refractivity contribution >= 4 is 5.69 Å². The van der Waals surface area contributed by atoms with Crippen LogP contribution in [0.1, 0.15) is 11.1 Å². The van der Waals surface area contributed by atoms with Crippen molar-refractivity contribution in [1.29, 1.82) is 0 Å². The molecular formula is C11H13F3N2. The highest BCUT2D eigenvalue weighted by molar-refractivity contribution is 5.57. The van der Waals surface area contributed by atoms with Gasteiger partial charge in [0.15, 0.2) is 0 Å². The second-order valence-corrected chi connectivity index (χ2v) is 3.96. The zero-order chi connectivity index (χ0) is 11.9. The van der Waals surface area contributed by atoms with Crippen LogP contribution in [0.4, 0.5) is 18.9 Å². The monoisotopic (exact) mass is 230 g/mol. The molecule has 1 heterocycles. The summed E-state index contributed by atoms with van der Waals surface area (Å²) in [5.41, 5.74) is 0.532. The number of fused-ring (bicyclic) bond motifs is 1. The molecule has 1 aromatic rings. The van der Waals surface area contributed by atoms with Crippen LogP contribution >= 0.6 is 0 Å². The molecule has 2 rings (SSSR count). The summed E-state index contributed by atoms with van der Waals surface area (Å²) in [6, 6.07) is 4.33. The van der Waals surface area contributed by atoms with Gasteiger partial charge >= 0.3 is 6.18 Å². The largest absolute Gasteiger partial charge is 0.416 e. The molecule has 2 nitrogen and oxygen atoms in total. The molecule has 0 radical (unpaired) electrons. The molecule has 16 heavy (non-hydrogen) atoms. The van der Waals surface area contributed by atoms with Gasteiger partial charge in [0.1, 0.15) is 0 Å². The van der Waals surface area contributed by atoms with Crippen LogP contribution in [0.2, 0.25) is 0 Å². The van der Waals surface area contributed by atoms with Crippen molar-refractivity contribution in [2.75, 3.05) is 25.6 Å². The third-order valence-corrected chi connectivity index (χ3v) is 3.00. The van der Waals surface area contributed by atoms with Crippen molar-refractivity contribution in [2.24, 2.45) is 0 Å². The summed E-state index contributed by atoms with van der Waals surface area (Å²) in [6.07, 6.45) is -3.83. The van der Waals surface area contributed by atoms with Gasteiger partial charge in [0, 0.05) is 20.6 Å². The van der Waals surface area contributed by atoms with E-state index in [1.807, 2.05) is 12.1 Å². The van der Waals surface area contributed by atoms with E-state index in [1.165, 1.54) is 6.07 Å². The molecule has 88 valence electrons. The van der Waals surface area contributed by atoms with Crippen LogP contribution in [0.15, 0.2) is 18.2 Å². The first-order valence-corrected chi connectivity index (χ1v) is 5.05. The zero-order valence-electron chi connectivity index (χ0n) is 9.17. The number of benzene rings is 1. The van der Waals surface area contributed by atoms with Crippen LogP contribution in [0.3, 0.4) is 0 Å². The average molecular weight is 230 g/mol. The Morgan fingerprint density at radius 3 is 2.50 bits per heavy atom. The van der Waals surface area contributed by atoms with Gasteiger partial charge in [-0.3, -0.25) is 0 Å².